The lowest BCUT2D eigenvalue weighted by Gasteiger charge is -2.40. The molecule has 0 bridgehead atoms. The zero-order valence-electron chi connectivity index (χ0n) is 15.8. The maximum Gasteiger partial charge on any atom is 0.409 e. The van der Waals surface area contributed by atoms with Crippen molar-refractivity contribution in [1.82, 2.24) is 9.80 Å². The Kier molecular flexibility index (Phi) is 6.68. The Morgan fingerprint density at radius 1 is 1.19 bits per heavy atom. The highest BCUT2D eigenvalue weighted by atomic mass is 19.1. The van der Waals surface area contributed by atoms with Crippen molar-refractivity contribution in [3.63, 3.8) is 0 Å². The molecule has 146 valence electrons. The van der Waals surface area contributed by atoms with Gasteiger partial charge in [-0.15, -0.1) is 0 Å². The molecule has 1 saturated carbocycles. The largest absolute Gasteiger partial charge is 0.447 e. The first kappa shape index (κ1) is 19.6. The molecule has 1 heterocycles. The molecule has 3 rings (SSSR count). The second-order valence-electron chi connectivity index (χ2n) is 7.47. The third-order valence-electron chi connectivity index (χ3n) is 5.96. The third-order valence-corrected chi connectivity index (χ3v) is 5.96. The second-order valence-corrected chi connectivity index (χ2v) is 7.47. The summed E-state index contributed by atoms with van der Waals surface area (Å²) in [5, 5.41) is 9.85. The quantitative estimate of drug-likeness (QED) is 0.810. The van der Waals surface area contributed by atoms with E-state index >= 15 is 0 Å². The van der Waals surface area contributed by atoms with E-state index in [4.69, 9.17) is 4.74 Å². The molecular formula is C21H28FN3O2. The van der Waals surface area contributed by atoms with Crippen LogP contribution in [0.2, 0.25) is 0 Å². The molecule has 6 heteroatoms. The van der Waals surface area contributed by atoms with Gasteiger partial charge < -0.3 is 9.64 Å². The van der Waals surface area contributed by atoms with Gasteiger partial charge in [-0.3, -0.25) is 4.90 Å². The third kappa shape index (κ3) is 4.59. The van der Waals surface area contributed by atoms with Crippen LogP contribution in [0.3, 0.4) is 0 Å². The number of halogens is 1. The van der Waals surface area contributed by atoms with Crippen LogP contribution in [0, 0.1) is 11.3 Å². The number of ether oxygens (including phenoxy) is 1. The fourth-order valence-corrected chi connectivity index (χ4v) is 4.39. The van der Waals surface area contributed by atoms with Gasteiger partial charge in [-0.05, 0) is 37.7 Å². The molecule has 2 aliphatic rings. The Morgan fingerprint density at radius 2 is 1.93 bits per heavy atom. The molecule has 0 radical (unpaired) electrons. The van der Waals surface area contributed by atoms with E-state index in [1.165, 1.54) is 0 Å². The van der Waals surface area contributed by atoms with Crippen LogP contribution in [0.4, 0.5) is 9.18 Å². The number of alkyl halides is 1. The first-order valence-corrected chi connectivity index (χ1v) is 9.87. The fourth-order valence-electron chi connectivity index (χ4n) is 4.39. The van der Waals surface area contributed by atoms with Gasteiger partial charge in [-0.2, -0.15) is 5.26 Å². The fraction of sp³-hybridized carbons (Fsp3) is 0.619. The van der Waals surface area contributed by atoms with Crippen molar-refractivity contribution < 1.29 is 13.9 Å². The number of hydrogen-bond acceptors (Lipinski definition) is 4. The van der Waals surface area contributed by atoms with Crippen molar-refractivity contribution in [3.05, 3.63) is 35.9 Å². The van der Waals surface area contributed by atoms with Gasteiger partial charge in [-0.25, -0.2) is 9.18 Å². The SMILES string of the molecule is N#CC1(c2ccccc2)CCC(N2CCCN(C(=O)OCCF)CC2)CC1. The lowest BCUT2D eigenvalue weighted by Crippen LogP contribution is -2.44. The summed E-state index contributed by atoms with van der Waals surface area (Å²) in [6, 6.07) is 13.2. The average Bonchev–Trinajstić information content (AvgIpc) is 2.99. The van der Waals surface area contributed by atoms with Gasteiger partial charge >= 0.3 is 6.09 Å². The number of nitrogens with zero attached hydrogens (tertiary/aromatic N) is 3. The molecule has 0 aromatic heterocycles. The Hall–Kier alpha value is -2.13. The molecule has 0 spiro atoms. The monoisotopic (exact) mass is 373 g/mol. The van der Waals surface area contributed by atoms with Crippen molar-refractivity contribution in [1.29, 1.82) is 5.26 Å². The second kappa shape index (κ2) is 9.18. The lowest BCUT2D eigenvalue weighted by atomic mass is 9.69. The molecule has 1 amide bonds. The van der Waals surface area contributed by atoms with E-state index in [1.54, 1.807) is 4.90 Å². The standard InChI is InChI=1S/C21H28FN3O2/c22-11-16-27-20(26)25-13-4-12-24(14-15-25)19-7-9-21(17-23,10-8-19)18-5-2-1-3-6-18/h1-3,5-6,19H,4,7-16H2. The molecule has 1 aromatic carbocycles. The van der Waals surface area contributed by atoms with Gasteiger partial charge in [0.1, 0.15) is 13.3 Å². The van der Waals surface area contributed by atoms with Crippen LogP contribution in [-0.2, 0) is 10.2 Å². The highest BCUT2D eigenvalue weighted by Gasteiger charge is 2.39. The Labute approximate surface area is 160 Å². The maximum atomic E-state index is 12.2. The number of nitriles is 1. The number of carbonyl (C=O) groups excluding carboxylic acids is 1. The van der Waals surface area contributed by atoms with Crippen molar-refractivity contribution in [2.24, 2.45) is 0 Å². The zero-order valence-corrected chi connectivity index (χ0v) is 15.8. The molecule has 1 aliphatic heterocycles. The summed E-state index contributed by atoms with van der Waals surface area (Å²) in [5.41, 5.74) is 0.759. The Bertz CT molecular complexity index is 653. The number of hydrogen-bond donors (Lipinski definition) is 0. The summed E-state index contributed by atoms with van der Waals surface area (Å²) in [5.74, 6) is 0. The van der Waals surface area contributed by atoms with Crippen LogP contribution in [0.1, 0.15) is 37.7 Å². The highest BCUT2D eigenvalue weighted by molar-refractivity contribution is 5.67. The van der Waals surface area contributed by atoms with Crippen LogP contribution in [0.15, 0.2) is 30.3 Å². The number of amides is 1. The van der Waals surface area contributed by atoms with Crippen molar-refractivity contribution in [2.75, 3.05) is 39.5 Å². The van der Waals surface area contributed by atoms with E-state index in [0.717, 1.165) is 50.8 Å². The van der Waals surface area contributed by atoms with E-state index in [0.29, 0.717) is 19.1 Å². The molecule has 1 aliphatic carbocycles. The summed E-state index contributed by atoms with van der Waals surface area (Å²) < 4.78 is 17.1. The normalized spacial score (nSPS) is 26.8. The predicted molar refractivity (Wildman–Crippen MR) is 101 cm³/mol. The summed E-state index contributed by atoms with van der Waals surface area (Å²) in [6.07, 6.45) is 4.21. The highest BCUT2D eigenvalue weighted by Crippen LogP contribution is 2.40. The van der Waals surface area contributed by atoms with Crippen LogP contribution >= 0.6 is 0 Å². The van der Waals surface area contributed by atoms with Gasteiger partial charge in [0.05, 0.1) is 11.5 Å². The first-order chi connectivity index (χ1) is 13.2. The molecule has 5 nitrogen and oxygen atoms in total. The predicted octanol–water partition coefficient (Wildman–Crippen LogP) is 3.50. The molecule has 0 N–H and O–H groups in total. The van der Waals surface area contributed by atoms with Crippen LogP contribution in [0.5, 0.6) is 0 Å². The topological polar surface area (TPSA) is 56.6 Å². The van der Waals surface area contributed by atoms with E-state index in [9.17, 15) is 14.4 Å². The summed E-state index contributed by atoms with van der Waals surface area (Å²) in [7, 11) is 0. The molecule has 1 aromatic rings. The molecule has 1 saturated heterocycles. The van der Waals surface area contributed by atoms with Gasteiger partial charge in [0, 0.05) is 32.2 Å². The molecule has 0 atom stereocenters. The maximum absolute atomic E-state index is 12.2. The Balaban J connectivity index is 1.55. The average molecular weight is 373 g/mol. The molecule has 27 heavy (non-hydrogen) atoms. The molecule has 2 fully saturated rings. The lowest BCUT2D eigenvalue weighted by molar-refractivity contribution is 0.0947. The number of carbonyl (C=O) groups is 1. The minimum absolute atomic E-state index is 0.169. The summed E-state index contributed by atoms with van der Waals surface area (Å²) in [6.45, 7) is 2.21. The van der Waals surface area contributed by atoms with Crippen molar-refractivity contribution in [3.8, 4) is 6.07 Å². The molecular weight excluding hydrogens is 345 g/mol. The van der Waals surface area contributed by atoms with Crippen LogP contribution < -0.4 is 0 Å². The van der Waals surface area contributed by atoms with E-state index in [2.05, 4.69) is 23.1 Å². The van der Waals surface area contributed by atoms with Gasteiger partial charge in [0.25, 0.3) is 0 Å². The van der Waals surface area contributed by atoms with Gasteiger partial charge in [0.15, 0.2) is 0 Å². The van der Waals surface area contributed by atoms with Crippen molar-refractivity contribution >= 4 is 6.09 Å². The minimum atomic E-state index is -0.643. The Morgan fingerprint density at radius 3 is 2.59 bits per heavy atom. The minimum Gasteiger partial charge on any atom is -0.447 e. The van der Waals surface area contributed by atoms with Crippen LogP contribution in [-0.4, -0.2) is 61.4 Å². The van der Waals surface area contributed by atoms with E-state index < -0.39 is 12.8 Å². The van der Waals surface area contributed by atoms with E-state index in [1.807, 2.05) is 18.2 Å². The van der Waals surface area contributed by atoms with Crippen molar-refractivity contribution in [2.45, 2.75) is 43.6 Å². The van der Waals surface area contributed by atoms with Gasteiger partial charge in [-0.1, -0.05) is 30.3 Å². The number of rotatable bonds is 4. The summed E-state index contributed by atoms with van der Waals surface area (Å²) in [4.78, 5) is 16.1. The zero-order chi connectivity index (χ0) is 19.1. The van der Waals surface area contributed by atoms with Gasteiger partial charge in [0.2, 0.25) is 0 Å². The first-order valence-electron chi connectivity index (χ1n) is 9.87. The molecule has 0 unspecified atom stereocenters. The van der Waals surface area contributed by atoms with Crippen LogP contribution in [0.25, 0.3) is 0 Å². The van der Waals surface area contributed by atoms with E-state index in [-0.39, 0.29) is 12.0 Å². The summed E-state index contributed by atoms with van der Waals surface area (Å²) >= 11 is 0. The smallest absolute Gasteiger partial charge is 0.409 e. The number of benzene rings is 1.